The standard InChI is InChI=1S/C18H27NO5/c1-6-23-15(21)13-14(20)12(2)11-18(13)7-9-19(10-8-18)16(22)24-17(3,4)5/h11,13H,6-10H2,1-5H3. The summed E-state index contributed by atoms with van der Waals surface area (Å²) in [6.07, 6.45) is 2.66. The van der Waals surface area contributed by atoms with Crippen LogP contribution in [0.15, 0.2) is 11.6 Å². The zero-order valence-corrected chi connectivity index (χ0v) is 15.2. The lowest BCUT2D eigenvalue weighted by Gasteiger charge is -2.40. The van der Waals surface area contributed by atoms with Gasteiger partial charge in [-0.2, -0.15) is 0 Å². The van der Waals surface area contributed by atoms with Crippen LogP contribution >= 0.6 is 0 Å². The first-order chi connectivity index (χ1) is 11.1. The fraction of sp³-hybridized carbons (Fsp3) is 0.722. The van der Waals surface area contributed by atoms with Crippen molar-refractivity contribution in [3.05, 3.63) is 11.6 Å². The maximum atomic E-state index is 12.4. The Balaban J connectivity index is 2.11. The predicted molar refractivity (Wildman–Crippen MR) is 88.4 cm³/mol. The van der Waals surface area contributed by atoms with Gasteiger partial charge in [0.25, 0.3) is 0 Å². The number of carbonyl (C=O) groups is 3. The molecule has 1 aliphatic heterocycles. The van der Waals surface area contributed by atoms with Gasteiger partial charge in [0, 0.05) is 18.5 Å². The van der Waals surface area contributed by atoms with E-state index in [2.05, 4.69) is 0 Å². The number of piperidine rings is 1. The highest BCUT2D eigenvalue weighted by Crippen LogP contribution is 2.47. The summed E-state index contributed by atoms with van der Waals surface area (Å²) < 4.78 is 10.5. The van der Waals surface area contributed by atoms with Crippen LogP contribution in [-0.4, -0.2) is 48.0 Å². The lowest BCUT2D eigenvalue weighted by Crippen LogP contribution is -2.48. The van der Waals surface area contributed by atoms with Gasteiger partial charge >= 0.3 is 12.1 Å². The quantitative estimate of drug-likeness (QED) is 0.572. The third-order valence-corrected chi connectivity index (χ3v) is 4.60. The largest absolute Gasteiger partial charge is 0.465 e. The molecule has 1 saturated heterocycles. The SMILES string of the molecule is CCOC(=O)C1C(=O)C(C)=CC12CCN(C(=O)OC(C)(C)C)CC2. The van der Waals surface area contributed by atoms with Crippen LogP contribution in [0.1, 0.15) is 47.5 Å². The van der Waals surface area contributed by atoms with Crippen molar-refractivity contribution in [3.63, 3.8) is 0 Å². The van der Waals surface area contributed by atoms with Gasteiger partial charge in [-0.25, -0.2) is 4.79 Å². The lowest BCUT2D eigenvalue weighted by atomic mass is 9.70. The molecule has 1 unspecified atom stereocenters. The van der Waals surface area contributed by atoms with Crippen molar-refractivity contribution >= 4 is 17.8 Å². The number of allylic oxidation sites excluding steroid dienone is 2. The first-order valence-electron chi connectivity index (χ1n) is 8.48. The number of amides is 1. The van der Waals surface area contributed by atoms with Crippen molar-refractivity contribution in [1.82, 2.24) is 4.90 Å². The van der Waals surface area contributed by atoms with E-state index in [0.29, 0.717) is 31.5 Å². The van der Waals surface area contributed by atoms with Crippen LogP contribution in [0.25, 0.3) is 0 Å². The highest BCUT2D eigenvalue weighted by atomic mass is 16.6. The molecule has 2 rings (SSSR count). The summed E-state index contributed by atoms with van der Waals surface area (Å²) in [4.78, 5) is 38.6. The van der Waals surface area contributed by atoms with Gasteiger partial charge in [0.05, 0.1) is 6.61 Å². The van der Waals surface area contributed by atoms with Gasteiger partial charge in [-0.1, -0.05) is 6.08 Å². The van der Waals surface area contributed by atoms with E-state index in [4.69, 9.17) is 9.47 Å². The van der Waals surface area contributed by atoms with E-state index in [0.717, 1.165) is 0 Å². The number of hydrogen-bond donors (Lipinski definition) is 0. The summed E-state index contributed by atoms with van der Waals surface area (Å²) in [5, 5.41) is 0. The minimum atomic E-state index is -0.779. The van der Waals surface area contributed by atoms with Crippen molar-refractivity contribution in [3.8, 4) is 0 Å². The molecule has 6 heteroatoms. The summed E-state index contributed by atoms with van der Waals surface area (Å²) in [6, 6.07) is 0. The maximum Gasteiger partial charge on any atom is 0.410 e. The highest BCUT2D eigenvalue weighted by Gasteiger charge is 2.53. The van der Waals surface area contributed by atoms with Crippen LogP contribution < -0.4 is 0 Å². The molecule has 2 aliphatic rings. The van der Waals surface area contributed by atoms with Gasteiger partial charge in [0.2, 0.25) is 0 Å². The monoisotopic (exact) mass is 337 g/mol. The zero-order valence-electron chi connectivity index (χ0n) is 15.2. The van der Waals surface area contributed by atoms with E-state index in [-0.39, 0.29) is 18.5 Å². The number of ether oxygens (including phenoxy) is 2. The van der Waals surface area contributed by atoms with Crippen LogP contribution in [0.3, 0.4) is 0 Å². The number of rotatable bonds is 2. The third-order valence-electron chi connectivity index (χ3n) is 4.60. The Kier molecular flexibility index (Phi) is 5.06. The molecule has 6 nitrogen and oxygen atoms in total. The second-order valence-corrected chi connectivity index (χ2v) is 7.58. The average Bonchev–Trinajstić information content (AvgIpc) is 2.69. The Labute approximate surface area is 143 Å². The molecule has 1 spiro atoms. The molecule has 0 bridgehead atoms. The van der Waals surface area contributed by atoms with E-state index >= 15 is 0 Å². The van der Waals surface area contributed by atoms with Crippen molar-refractivity contribution in [2.45, 2.75) is 53.1 Å². The number of nitrogens with zero attached hydrogens (tertiary/aromatic N) is 1. The van der Waals surface area contributed by atoms with Gasteiger partial charge in [0.1, 0.15) is 11.5 Å². The summed E-state index contributed by atoms with van der Waals surface area (Å²) in [5.74, 6) is -1.39. The molecule has 0 N–H and O–H groups in total. The Bertz CT molecular complexity index is 564. The van der Waals surface area contributed by atoms with Gasteiger partial charge in [0.15, 0.2) is 5.78 Å². The van der Waals surface area contributed by atoms with Crippen LogP contribution in [0, 0.1) is 11.3 Å². The summed E-state index contributed by atoms with van der Waals surface area (Å²) in [6.45, 7) is 10.1. The van der Waals surface area contributed by atoms with Crippen LogP contribution in [-0.2, 0) is 19.1 Å². The van der Waals surface area contributed by atoms with E-state index in [9.17, 15) is 14.4 Å². The average molecular weight is 337 g/mol. The van der Waals surface area contributed by atoms with Crippen molar-refractivity contribution in [1.29, 1.82) is 0 Å². The first-order valence-corrected chi connectivity index (χ1v) is 8.48. The fourth-order valence-corrected chi connectivity index (χ4v) is 3.51. The third kappa shape index (κ3) is 3.62. The zero-order chi connectivity index (χ0) is 18.1. The second kappa shape index (κ2) is 6.57. The van der Waals surface area contributed by atoms with E-state index in [1.54, 1.807) is 18.7 Å². The Morgan fingerprint density at radius 1 is 1.29 bits per heavy atom. The van der Waals surface area contributed by atoms with Gasteiger partial charge in [-0.3, -0.25) is 9.59 Å². The lowest BCUT2D eigenvalue weighted by molar-refractivity contribution is -0.155. The molecular weight excluding hydrogens is 310 g/mol. The molecule has 1 amide bonds. The number of Topliss-reactive ketones (excluding diaryl/α,β-unsaturated/α-hetero) is 1. The Morgan fingerprint density at radius 2 is 1.88 bits per heavy atom. The van der Waals surface area contributed by atoms with Gasteiger partial charge in [-0.05, 0) is 53.0 Å². The van der Waals surface area contributed by atoms with Crippen LogP contribution in [0.2, 0.25) is 0 Å². The number of carbonyl (C=O) groups excluding carboxylic acids is 3. The fourth-order valence-electron chi connectivity index (χ4n) is 3.51. The number of esters is 1. The van der Waals surface area contributed by atoms with E-state index < -0.39 is 22.9 Å². The molecule has 0 aromatic rings. The minimum absolute atomic E-state index is 0.154. The molecule has 1 fully saturated rings. The smallest absolute Gasteiger partial charge is 0.410 e. The highest BCUT2D eigenvalue weighted by molar-refractivity contribution is 6.11. The topological polar surface area (TPSA) is 72.9 Å². The summed E-state index contributed by atoms with van der Waals surface area (Å²) >= 11 is 0. The molecule has 0 radical (unpaired) electrons. The van der Waals surface area contributed by atoms with Crippen molar-refractivity contribution in [2.24, 2.45) is 11.3 Å². The number of likely N-dealkylation sites (tertiary alicyclic amines) is 1. The predicted octanol–water partition coefficient (Wildman–Crippen LogP) is 2.71. The van der Waals surface area contributed by atoms with Crippen molar-refractivity contribution < 1.29 is 23.9 Å². The maximum absolute atomic E-state index is 12.4. The molecule has 24 heavy (non-hydrogen) atoms. The summed E-state index contributed by atoms with van der Waals surface area (Å²) in [5.41, 5.74) is -0.468. The number of hydrogen-bond acceptors (Lipinski definition) is 5. The summed E-state index contributed by atoms with van der Waals surface area (Å²) in [7, 11) is 0. The molecule has 1 aliphatic carbocycles. The first kappa shape index (κ1) is 18.5. The number of ketones is 1. The van der Waals surface area contributed by atoms with E-state index in [1.807, 2.05) is 26.8 Å². The Hall–Kier alpha value is -1.85. The molecule has 0 aromatic carbocycles. The molecular formula is C18H27NO5. The molecule has 1 heterocycles. The molecule has 0 saturated carbocycles. The second-order valence-electron chi connectivity index (χ2n) is 7.58. The molecule has 134 valence electrons. The van der Waals surface area contributed by atoms with Gasteiger partial charge in [-0.15, -0.1) is 0 Å². The Morgan fingerprint density at radius 3 is 2.38 bits per heavy atom. The van der Waals surface area contributed by atoms with Crippen LogP contribution in [0.4, 0.5) is 4.79 Å². The van der Waals surface area contributed by atoms with Gasteiger partial charge < -0.3 is 14.4 Å². The normalized spacial score (nSPS) is 23.2. The minimum Gasteiger partial charge on any atom is -0.465 e. The molecule has 0 aromatic heterocycles. The van der Waals surface area contributed by atoms with Crippen molar-refractivity contribution in [2.75, 3.05) is 19.7 Å². The molecule has 1 atom stereocenters. The van der Waals surface area contributed by atoms with E-state index in [1.165, 1.54) is 0 Å². The van der Waals surface area contributed by atoms with Crippen LogP contribution in [0.5, 0.6) is 0 Å².